The van der Waals surface area contributed by atoms with Crippen molar-refractivity contribution in [1.82, 2.24) is 0 Å². The largest absolute Gasteiger partial charge is 0.465 e. The third-order valence-electron chi connectivity index (χ3n) is 4.13. The fourth-order valence-electron chi connectivity index (χ4n) is 2.80. The highest BCUT2D eigenvalue weighted by Gasteiger charge is 2.48. The zero-order valence-corrected chi connectivity index (χ0v) is 10.7. The summed E-state index contributed by atoms with van der Waals surface area (Å²) in [6.45, 7) is 2.18. The van der Waals surface area contributed by atoms with Crippen LogP contribution in [0.3, 0.4) is 0 Å². The molecule has 2 fully saturated rings. The summed E-state index contributed by atoms with van der Waals surface area (Å²) < 4.78 is 5.15. The molecule has 17 heavy (non-hydrogen) atoms. The van der Waals surface area contributed by atoms with E-state index in [1.807, 2.05) is 0 Å². The highest BCUT2D eigenvalue weighted by Crippen LogP contribution is 2.43. The van der Waals surface area contributed by atoms with Crippen LogP contribution < -0.4 is 0 Å². The number of Topliss-reactive ketones (excluding diaryl/α,β-unsaturated/α-hetero) is 1. The third-order valence-corrected chi connectivity index (χ3v) is 4.13. The molecule has 0 amide bonds. The summed E-state index contributed by atoms with van der Waals surface area (Å²) >= 11 is 0. The fourth-order valence-corrected chi connectivity index (χ4v) is 2.80. The molecule has 0 spiro atoms. The van der Waals surface area contributed by atoms with Crippen LogP contribution >= 0.6 is 0 Å². The van der Waals surface area contributed by atoms with Crippen molar-refractivity contribution in [1.29, 1.82) is 0 Å². The van der Waals surface area contributed by atoms with Gasteiger partial charge in [0.15, 0.2) is 0 Å². The molecule has 0 aromatic heterocycles. The first-order valence-corrected chi connectivity index (χ1v) is 6.89. The van der Waals surface area contributed by atoms with Crippen molar-refractivity contribution < 1.29 is 14.3 Å². The molecule has 1 atom stereocenters. The number of ketones is 1. The van der Waals surface area contributed by atoms with Crippen LogP contribution in [-0.4, -0.2) is 18.4 Å². The minimum Gasteiger partial charge on any atom is -0.465 e. The predicted molar refractivity (Wildman–Crippen MR) is 64.5 cm³/mol. The van der Waals surface area contributed by atoms with Crippen LogP contribution in [0.1, 0.15) is 58.3 Å². The summed E-state index contributed by atoms with van der Waals surface area (Å²) in [6, 6.07) is 0. The summed E-state index contributed by atoms with van der Waals surface area (Å²) in [5.74, 6) is 0.629. The summed E-state index contributed by atoms with van der Waals surface area (Å²) in [6.07, 6.45) is 7.46. The van der Waals surface area contributed by atoms with Crippen molar-refractivity contribution in [3.05, 3.63) is 0 Å². The molecule has 2 aliphatic carbocycles. The Morgan fingerprint density at radius 2 is 2.18 bits per heavy atom. The average molecular weight is 238 g/mol. The van der Waals surface area contributed by atoms with Crippen molar-refractivity contribution in [2.24, 2.45) is 11.3 Å². The van der Waals surface area contributed by atoms with Crippen molar-refractivity contribution in [3.63, 3.8) is 0 Å². The molecule has 2 aliphatic rings. The summed E-state index contributed by atoms with van der Waals surface area (Å²) in [4.78, 5) is 24.3. The van der Waals surface area contributed by atoms with Gasteiger partial charge >= 0.3 is 5.97 Å². The SMILES string of the molecule is CCOC(=O)C1(CCC2CC2)CCCCC1=O. The standard InChI is InChI=1S/C14H22O3/c1-2-17-13(16)14(10-8-11-6-7-11)9-4-3-5-12(14)15/h11H,2-10H2,1H3. The smallest absolute Gasteiger partial charge is 0.319 e. The Kier molecular flexibility index (Phi) is 3.85. The lowest BCUT2D eigenvalue weighted by Crippen LogP contribution is -2.43. The second-order valence-electron chi connectivity index (χ2n) is 5.41. The van der Waals surface area contributed by atoms with Crippen LogP contribution in [0.25, 0.3) is 0 Å². The maximum Gasteiger partial charge on any atom is 0.319 e. The Hall–Kier alpha value is -0.860. The lowest BCUT2D eigenvalue weighted by Gasteiger charge is -2.33. The maximum atomic E-state index is 12.2. The topological polar surface area (TPSA) is 43.4 Å². The summed E-state index contributed by atoms with van der Waals surface area (Å²) in [5.41, 5.74) is -0.781. The van der Waals surface area contributed by atoms with E-state index in [0.29, 0.717) is 19.4 Å². The van der Waals surface area contributed by atoms with Gasteiger partial charge in [0, 0.05) is 6.42 Å². The van der Waals surface area contributed by atoms with E-state index >= 15 is 0 Å². The number of rotatable bonds is 5. The van der Waals surface area contributed by atoms with E-state index in [4.69, 9.17) is 4.74 Å². The minimum absolute atomic E-state index is 0.128. The minimum atomic E-state index is -0.781. The van der Waals surface area contributed by atoms with Gasteiger partial charge in [-0.2, -0.15) is 0 Å². The Balaban J connectivity index is 2.07. The van der Waals surface area contributed by atoms with Gasteiger partial charge in [-0.25, -0.2) is 0 Å². The van der Waals surface area contributed by atoms with Gasteiger partial charge < -0.3 is 4.74 Å². The van der Waals surface area contributed by atoms with E-state index < -0.39 is 5.41 Å². The number of carbonyl (C=O) groups is 2. The van der Waals surface area contributed by atoms with Gasteiger partial charge in [0.1, 0.15) is 11.2 Å². The number of hydrogen-bond donors (Lipinski definition) is 0. The molecule has 3 nitrogen and oxygen atoms in total. The van der Waals surface area contributed by atoms with Crippen molar-refractivity contribution >= 4 is 11.8 Å². The fraction of sp³-hybridized carbons (Fsp3) is 0.857. The van der Waals surface area contributed by atoms with E-state index in [2.05, 4.69) is 0 Å². The highest BCUT2D eigenvalue weighted by atomic mass is 16.5. The molecular weight excluding hydrogens is 216 g/mol. The first kappa shape index (κ1) is 12.6. The Morgan fingerprint density at radius 1 is 1.41 bits per heavy atom. The quantitative estimate of drug-likeness (QED) is 0.546. The molecule has 0 saturated heterocycles. The molecule has 0 heterocycles. The molecule has 96 valence electrons. The zero-order chi connectivity index (χ0) is 12.3. The first-order valence-electron chi connectivity index (χ1n) is 6.89. The molecule has 2 saturated carbocycles. The molecule has 0 aromatic rings. The van der Waals surface area contributed by atoms with Crippen LogP contribution in [0.5, 0.6) is 0 Å². The van der Waals surface area contributed by atoms with Crippen LogP contribution in [0.2, 0.25) is 0 Å². The Labute approximate surface area is 103 Å². The molecule has 0 aliphatic heterocycles. The second-order valence-corrected chi connectivity index (χ2v) is 5.41. The number of carbonyl (C=O) groups excluding carboxylic acids is 2. The lowest BCUT2D eigenvalue weighted by atomic mass is 9.70. The molecule has 2 rings (SSSR count). The predicted octanol–water partition coefficient (Wildman–Crippen LogP) is 2.87. The lowest BCUT2D eigenvalue weighted by molar-refractivity contribution is -0.163. The van der Waals surface area contributed by atoms with Crippen LogP contribution in [0.4, 0.5) is 0 Å². The van der Waals surface area contributed by atoms with Gasteiger partial charge in [-0.1, -0.05) is 19.3 Å². The van der Waals surface area contributed by atoms with E-state index in [-0.39, 0.29) is 11.8 Å². The van der Waals surface area contributed by atoms with Gasteiger partial charge in [0.25, 0.3) is 0 Å². The van der Waals surface area contributed by atoms with E-state index in [1.165, 1.54) is 12.8 Å². The van der Waals surface area contributed by atoms with E-state index in [9.17, 15) is 9.59 Å². The van der Waals surface area contributed by atoms with Crippen molar-refractivity contribution in [3.8, 4) is 0 Å². The monoisotopic (exact) mass is 238 g/mol. The van der Waals surface area contributed by atoms with Gasteiger partial charge in [0.2, 0.25) is 0 Å². The van der Waals surface area contributed by atoms with Gasteiger partial charge in [-0.15, -0.1) is 0 Å². The number of esters is 1. The Bertz CT molecular complexity index is 307. The van der Waals surface area contributed by atoms with E-state index in [0.717, 1.165) is 31.6 Å². The Morgan fingerprint density at radius 3 is 2.76 bits per heavy atom. The van der Waals surface area contributed by atoms with Gasteiger partial charge in [-0.05, 0) is 38.5 Å². The van der Waals surface area contributed by atoms with Crippen molar-refractivity contribution in [2.75, 3.05) is 6.61 Å². The van der Waals surface area contributed by atoms with Crippen molar-refractivity contribution in [2.45, 2.75) is 58.3 Å². The molecular formula is C14H22O3. The first-order chi connectivity index (χ1) is 8.19. The summed E-state index contributed by atoms with van der Waals surface area (Å²) in [5, 5.41) is 0. The molecule has 3 heteroatoms. The van der Waals surface area contributed by atoms with Gasteiger partial charge in [0.05, 0.1) is 6.61 Å². The molecule has 0 aromatic carbocycles. The van der Waals surface area contributed by atoms with Crippen LogP contribution in [0, 0.1) is 11.3 Å². The molecule has 1 unspecified atom stereocenters. The van der Waals surface area contributed by atoms with Gasteiger partial charge in [-0.3, -0.25) is 9.59 Å². The molecule has 0 bridgehead atoms. The zero-order valence-electron chi connectivity index (χ0n) is 10.7. The number of ether oxygens (including phenoxy) is 1. The molecule has 0 N–H and O–H groups in total. The average Bonchev–Trinajstić information content (AvgIpc) is 3.12. The van der Waals surface area contributed by atoms with Crippen LogP contribution in [0.15, 0.2) is 0 Å². The van der Waals surface area contributed by atoms with Crippen LogP contribution in [-0.2, 0) is 14.3 Å². The second kappa shape index (κ2) is 5.19. The summed E-state index contributed by atoms with van der Waals surface area (Å²) in [7, 11) is 0. The highest BCUT2D eigenvalue weighted by molar-refractivity contribution is 6.04. The number of hydrogen-bond acceptors (Lipinski definition) is 3. The maximum absolute atomic E-state index is 12.2. The molecule has 0 radical (unpaired) electrons. The third kappa shape index (κ3) is 2.70. The normalized spacial score (nSPS) is 29.1. The van der Waals surface area contributed by atoms with E-state index in [1.54, 1.807) is 6.92 Å².